The molecule has 1 aromatic carbocycles. The van der Waals surface area contributed by atoms with Crippen molar-refractivity contribution in [2.45, 2.75) is 28.3 Å². The fourth-order valence-corrected chi connectivity index (χ4v) is 5.12. The van der Waals surface area contributed by atoms with Gasteiger partial charge in [0, 0.05) is 5.75 Å². The van der Waals surface area contributed by atoms with E-state index in [0.29, 0.717) is 11.3 Å². The summed E-state index contributed by atoms with van der Waals surface area (Å²) in [6, 6.07) is 12.2. The third-order valence-corrected chi connectivity index (χ3v) is 6.34. The molecule has 24 heavy (non-hydrogen) atoms. The molecule has 0 N–H and O–H groups in total. The van der Waals surface area contributed by atoms with E-state index in [1.807, 2.05) is 41.9 Å². The Morgan fingerprint density at radius 1 is 1.17 bits per heavy atom. The van der Waals surface area contributed by atoms with Crippen molar-refractivity contribution in [2.75, 3.05) is 5.75 Å². The first-order valence-corrected chi connectivity index (χ1v) is 10.1. The second-order valence-corrected chi connectivity index (χ2v) is 8.53. The zero-order valence-electron chi connectivity index (χ0n) is 13.3. The van der Waals surface area contributed by atoms with Crippen LogP contribution in [-0.2, 0) is 5.75 Å². The van der Waals surface area contributed by atoms with E-state index in [2.05, 4.69) is 28.3 Å². The molecule has 5 nitrogen and oxygen atoms in total. The van der Waals surface area contributed by atoms with Crippen molar-refractivity contribution in [1.82, 2.24) is 20.0 Å². The number of hydrogen-bond donors (Lipinski definition) is 0. The number of hydrogen-bond acceptors (Lipinski definition) is 7. The number of aromatic nitrogens is 4. The summed E-state index contributed by atoms with van der Waals surface area (Å²) in [7, 11) is 0. The Hall–Kier alpha value is -1.82. The zero-order valence-corrected chi connectivity index (χ0v) is 15.7. The fourth-order valence-electron chi connectivity index (χ4n) is 2.20. The third kappa shape index (κ3) is 3.64. The number of aryl methyl sites for hydroxylation is 1. The van der Waals surface area contributed by atoms with Gasteiger partial charge >= 0.3 is 0 Å². The zero-order chi connectivity index (χ0) is 16.9. The summed E-state index contributed by atoms with van der Waals surface area (Å²) in [5.41, 5.74) is 3.23. The van der Waals surface area contributed by atoms with Gasteiger partial charge in [-0.05, 0) is 24.8 Å². The molecule has 0 unspecified atom stereocenters. The van der Waals surface area contributed by atoms with Gasteiger partial charge in [-0.1, -0.05) is 60.0 Å². The highest BCUT2D eigenvalue weighted by Gasteiger charge is 2.17. The predicted octanol–water partition coefficient (Wildman–Crippen LogP) is 4.31. The molecule has 0 atom stereocenters. The molecule has 0 amide bonds. The van der Waals surface area contributed by atoms with Crippen molar-refractivity contribution in [3.8, 4) is 11.8 Å². The van der Waals surface area contributed by atoms with Crippen LogP contribution in [0.5, 0.6) is 0 Å². The molecular formula is C16H15N5S3. The van der Waals surface area contributed by atoms with Crippen LogP contribution in [0.1, 0.15) is 23.9 Å². The Morgan fingerprint density at radius 3 is 2.54 bits per heavy atom. The van der Waals surface area contributed by atoms with E-state index in [1.165, 1.54) is 0 Å². The van der Waals surface area contributed by atoms with E-state index < -0.39 is 0 Å². The first-order valence-electron chi connectivity index (χ1n) is 7.36. The molecule has 3 aromatic rings. The van der Waals surface area contributed by atoms with Crippen LogP contribution in [0.25, 0.3) is 5.69 Å². The Labute approximate surface area is 153 Å². The monoisotopic (exact) mass is 373 g/mol. The van der Waals surface area contributed by atoms with E-state index in [-0.39, 0.29) is 0 Å². The standard InChI is InChI=1S/C16H15N5S3/c1-3-22-15-18-19-16(24-15)23-10-14-13(9-17)11(2)20-21(14)12-7-5-4-6-8-12/h4-8H,3,10H2,1-2H3. The summed E-state index contributed by atoms with van der Waals surface area (Å²) >= 11 is 4.87. The number of rotatable bonds is 6. The van der Waals surface area contributed by atoms with Gasteiger partial charge in [-0.3, -0.25) is 0 Å². The lowest BCUT2D eigenvalue weighted by molar-refractivity contribution is 0.828. The molecule has 0 saturated heterocycles. The maximum atomic E-state index is 9.49. The van der Waals surface area contributed by atoms with Gasteiger partial charge in [0.2, 0.25) is 0 Å². The molecule has 8 heteroatoms. The topological polar surface area (TPSA) is 67.4 Å². The van der Waals surface area contributed by atoms with Gasteiger partial charge < -0.3 is 0 Å². The van der Waals surface area contributed by atoms with Crippen molar-refractivity contribution in [2.24, 2.45) is 0 Å². The van der Waals surface area contributed by atoms with E-state index in [1.54, 1.807) is 34.9 Å². The molecule has 122 valence electrons. The van der Waals surface area contributed by atoms with Gasteiger partial charge in [0.05, 0.1) is 22.6 Å². The lowest BCUT2D eigenvalue weighted by atomic mass is 10.2. The van der Waals surface area contributed by atoms with Crippen molar-refractivity contribution in [1.29, 1.82) is 5.26 Å². The first kappa shape index (κ1) is 17.0. The minimum atomic E-state index is 0.629. The van der Waals surface area contributed by atoms with E-state index in [0.717, 1.165) is 31.5 Å². The molecule has 0 aliphatic carbocycles. The molecule has 0 bridgehead atoms. The van der Waals surface area contributed by atoms with E-state index >= 15 is 0 Å². The summed E-state index contributed by atoms with van der Waals surface area (Å²) in [5, 5.41) is 22.4. The molecule has 0 radical (unpaired) electrons. The SMILES string of the molecule is CCSc1nnc(SCc2c(C#N)c(C)nn2-c2ccccc2)s1. The molecule has 0 aliphatic heterocycles. The van der Waals surface area contributed by atoms with Crippen LogP contribution < -0.4 is 0 Å². The normalized spacial score (nSPS) is 10.7. The number of benzene rings is 1. The molecule has 2 heterocycles. The molecule has 0 fully saturated rings. The van der Waals surface area contributed by atoms with Crippen molar-refractivity contribution in [3.05, 3.63) is 47.3 Å². The second kappa shape index (κ2) is 7.83. The van der Waals surface area contributed by atoms with Crippen LogP contribution in [-0.4, -0.2) is 25.7 Å². The van der Waals surface area contributed by atoms with Crippen LogP contribution in [0, 0.1) is 18.3 Å². The Kier molecular flexibility index (Phi) is 5.56. The molecule has 2 aromatic heterocycles. The summed E-state index contributed by atoms with van der Waals surface area (Å²) in [6.07, 6.45) is 0. The van der Waals surface area contributed by atoms with Crippen LogP contribution >= 0.6 is 34.9 Å². The summed E-state index contributed by atoms with van der Waals surface area (Å²) in [5.74, 6) is 1.61. The lowest BCUT2D eigenvalue weighted by Gasteiger charge is -2.06. The molecule has 0 aliphatic rings. The van der Waals surface area contributed by atoms with E-state index in [9.17, 15) is 5.26 Å². The van der Waals surface area contributed by atoms with Gasteiger partial charge in [0.15, 0.2) is 8.68 Å². The molecule has 0 spiro atoms. The predicted molar refractivity (Wildman–Crippen MR) is 98.9 cm³/mol. The first-order chi connectivity index (χ1) is 11.7. The van der Waals surface area contributed by atoms with Crippen LogP contribution in [0.2, 0.25) is 0 Å². The third-order valence-electron chi connectivity index (χ3n) is 3.26. The highest BCUT2D eigenvalue weighted by atomic mass is 32.2. The Bertz CT molecular complexity index is 864. The minimum Gasteiger partial charge on any atom is -0.235 e. The van der Waals surface area contributed by atoms with Gasteiger partial charge in [-0.15, -0.1) is 10.2 Å². The number of nitriles is 1. The lowest BCUT2D eigenvalue weighted by Crippen LogP contribution is -2.01. The second-order valence-electron chi connectivity index (χ2n) is 4.82. The van der Waals surface area contributed by atoms with E-state index in [4.69, 9.17) is 0 Å². The van der Waals surface area contributed by atoms with Crippen LogP contribution in [0.3, 0.4) is 0 Å². The molecular weight excluding hydrogens is 358 g/mol. The average Bonchev–Trinajstić information content (AvgIpc) is 3.18. The summed E-state index contributed by atoms with van der Waals surface area (Å²) < 4.78 is 3.74. The summed E-state index contributed by atoms with van der Waals surface area (Å²) in [6.45, 7) is 3.96. The minimum absolute atomic E-state index is 0.629. The molecule has 0 saturated carbocycles. The van der Waals surface area contributed by atoms with Gasteiger partial charge in [-0.2, -0.15) is 10.4 Å². The fraction of sp³-hybridized carbons (Fsp3) is 0.250. The van der Waals surface area contributed by atoms with Crippen molar-refractivity contribution in [3.63, 3.8) is 0 Å². The Morgan fingerprint density at radius 2 is 1.88 bits per heavy atom. The van der Waals surface area contributed by atoms with Crippen LogP contribution in [0.4, 0.5) is 0 Å². The quantitative estimate of drug-likeness (QED) is 0.600. The van der Waals surface area contributed by atoms with Crippen LogP contribution in [0.15, 0.2) is 39.0 Å². The Balaban J connectivity index is 1.87. The largest absolute Gasteiger partial charge is 0.235 e. The van der Waals surface area contributed by atoms with Crippen molar-refractivity contribution < 1.29 is 0 Å². The van der Waals surface area contributed by atoms with Gasteiger partial charge in [-0.25, -0.2) is 4.68 Å². The highest BCUT2D eigenvalue weighted by molar-refractivity contribution is 8.02. The number of thioether (sulfide) groups is 2. The highest BCUT2D eigenvalue weighted by Crippen LogP contribution is 2.32. The number of nitrogens with zero attached hydrogens (tertiary/aromatic N) is 5. The maximum absolute atomic E-state index is 9.49. The smallest absolute Gasteiger partial charge is 0.175 e. The van der Waals surface area contributed by atoms with Crippen molar-refractivity contribution >= 4 is 34.9 Å². The number of para-hydroxylation sites is 1. The molecule has 3 rings (SSSR count). The maximum Gasteiger partial charge on any atom is 0.175 e. The van der Waals surface area contributed by atoms with Gasteiger partial charge in [0.25, 0.3) is 0 Å². The summed E-state index contributed by atoms with van der Waals surface area (Å²) in [4.78, 5) is 0. The average molecular weight is 374 g/mol. The van der Waals surface area contributed by atoms with Gasteiger partial charge in [0.1, 0.15) is 6.07 Å².